The molecular formula is C13H23N3O. The zero-order chi connectivity index (χ0) is 11.9. The topological polar surface area (TPSA) is 41.3 Å². The Labute approximate surface area is 103 Å². The molecule has 17 heavy (non-hydrogen) atoms. The van der Waals surface area contributed by atoms with Crippen LogP contribution in [0.5, 0.6) is 0 Å². The summed E-state index contributed by atoms with van der Waals surface area (Å²) in [5.41, 5.74) is 0. The number of rotatable bonds is 7. The molecule has 4 nitrogen and oxygen atoms in total. The summed E-state index contributed by atoms with van der Waals surface area (Å²) in [6.07, 6.45) is 12.2. The van der Waals surface area contributed by atoms with Gasteiger partial charge in [0.1, 0.15) is 0 Å². The quantitative estimate of drug-likeness (QED) is 0.781. The van der Waals surface area contributed by atoms with E-state index >= 15 is 0 Å². The lowest BCUT2D eigenvalue weighted by Gasteiger charge is -2.28. The summed E-state index contributed by atoms with van der Waals surface area (Å²) in [7, 11) is 0. The number of imidazole rings is 1. The van der Waals surface area contributed by atoms with Crippen LogP contribution in [0.1, 0.15) is 32.1 Å². The second kappa shape index (κ2) is 6.77. The zero-order valence-electron chi connectivity index (χ0n) is 10.5. The maximum atomic E-state index is 9.12. The fourth-order valence-electron chi connectivity index (χ4n) is 2.75. The van der Waals surface area contributed by atoms with Crippen LogP contribution < -0.4 is 0 Å². The van der Waals surface area contributed by atoms with Gasteiger partial charge in [-0.1, -0.05) is 12.8 Å². The molecule has 0 unspecified atom stereocenters. The van der Waals surface area contributed by atoms with Gasteiger partial charge in [0, 0.05) is 38.1 Å². The molecule has 1 heterocycles. The highest BCUT2D eigenvalue weighted by Crippen LogP contribution is 2.23. The number of nitrogens with zero attached hydrogens (tertiary/aromatic N) is 3. The Kier molecular flexibility index (Phi) is 5.01. The Bertz CT molecular complexity index is 294. The van der Waals surface area contributed by atoms with Crippen molar-refractivity contribution in [1.29, 1.82) is 0 Å². The Morgan fingerprint density at radius 1 is 1.29 bits per heavy atom. The summed E-state index contributed by atoms with van der Waals surface area (Å²) in [5.74, 6) is 0. The van der Waals surface area contributed by atoms with E-state index in [4.69, 9.17) is 5.11 Å². The first kappa shape index (κ1) is 12.6. The molecule has 1 N–H and O–H groups in total. The van der Waals surface area contributed by atoms with E-state index in [0.29, 0.717) is 6.04 Å². The number of aromatic nitrogens is 2. The minimum absolute atomic E-state index is 0.279. The fourth-order valence-corrected chi connectivity index (χ4v) is 2.75. The third kappa shape index (κ3) is 3.82. The van der Waals surface area contributed by atoms with Crippen LogP contribution in [0.15, 0.2) is 18.7 Å². The molecule has 4 heteroatoms. The lowest BCUT2D eigenvalue weighted by molar-refractivity contribution is 0.148. The van der Waals surface area contributed by atoms with E-state index in [0.717, 1.165) is 26.1 Å². The van der Waals surface area contributed by atoms with Crippen molar-refractivity contribution in [3.8, 4) is 0 Å². The maximum absolute atomic E-state index is 9.12. The molecule has 96 valence electrons. The number of hydrogen-bond acceptors (Lipinski definition) is 3. The normalized spacial score (nSPS) is 17.1. The second-order valence-electron chi connectivity index (χ2n) is 4.85. The fraction of sp³-hybridized carbons (Fsp3) is 0.769. The molecule has 0 aliphatic heterocycles. The molecule has 1 aliphatic carbocycles. The van der Waals surface area contributed by atoms with Gasteiger partial charge in [-0.3, -0.25) is 4.90 Å². The smallest absolute Gasteiger partial charge is 0.0945 e. The first-order valence-electron chi connectivity index (χ1n) is 6.71. The number of aliphatic hydroxyl groups is 1. The van der Waals surface area contributed by atoms with Crippen molar-refractivity contribution in [1.82, 2.24) is 14.5 Å². The van der Waals surface area contributed by atoms with Gasteiger partial charge in [0.25, 0.3) is 0 Å². The minimum Gasteiger partial charge on any atom is -0.395 e. The van der Waals surface area contributed by atoms with Crippen LogP contribution in [0.3, 0.4) is 0 Å². The molecule has 1 aromatic rings. The predicted molar refractivity (Wildman–Crippen MR) is 67.8 cm³/mol. The van der Waals surface area contributed by atoms with E-state index in [1.165, 1.54) is 25.7 Å². The highest BCUT2D eigenvalue weighted by molar-refractivity contribution is 4.78. The molecule has 0 amide bonds. The van der Waals surface area contributed by atoms with Crippen molar-refractivity contribution in [2.24, 2.45) is 0 Å². The van der Waals surface area contributed by atoms with Crippen molar-refractivity contribution < 1.29 is 5.11 Å². The Morgan fingerprint density at radius 3 is 2.76 bits per heavy atom. The molecule has 0 radical (unpaired) electrons. The van der Waals surface area contributed by atoms with E-state index in [9.17, 15) is 0 Å². The van der Waals surface area contributed by atoms with Crippen molar-refractivity contribution in [2.75, 3.05) is 19.7 Å². The van der Waals surface area contributed by atoms with E-state index in [-0.39, 0.29) is 6.61 Å². The molecular weight excluding hydrogens is 214 g/mol. The van der Waals surface area contributed by atoms with Gasteiger partial charge in [-0.25, -0.2) is 4.98 Å². The van der Waals surface area contributed by atoms with Gasteiger partial charge >= 0.3 is 0 Å². The Balaban J connectivity index is 1.73. The van der Waals surface area contributed by atoms with E-state index in [1.807, 2.05) is 18.7 Å². The lowest BCUT2D eigenvalue weighted by Crippen LogP contribution is -2.36. The number of aryl methyl sites for hydroxylation is 1. The summed E-state index contributed by atoms with van der Waals surface area (Å²) in [4.78, 5) is 6.51. The van der Waals surface area contributed by atoms with Gasteiger partial charge in [-0.2, -0.15) is 0 Å². The summed E-state index contributed by atoms with van der Waals surface area (Å²) < 4.78 is 2.12. The molecule has 1 fully saturated rings. The van der Waals surface area contributed by atoms with Gasteiger partial charge in [-0.05, 0) is 19.3 Å². The monoisotopic (exact) mass is 237 g/mol. The summed E-state index contributed by atoms with van der Waals surface area (Å²) >= 11 is 0. The first-order chi connectivity index (χ1) is 8.40. The molecule has 2 rings (SSSR count). The van der Waals surface area contributed by atoms with Crippen molar-refractivity contribution >= 4 is 0 Å². The largest absolute Gasteiger partial charge is 0.395 e. The summed E-state index contributed by atoms with van der Waals surface area (Å²) in [6, 6.07) is 0.713. The Hall–Kier alpha value is -0.870. The lowest BCUT2D eigenvalue weighted by atomic mass is 10.2. The van der Waals surface area contributed by atoms with Crippen LogP contribution in [0, 0.1) is 0 Å². The SMILES string of the molecule is OCCN(CCCn1ccnc1)C1CCCC1. The molecule has 1 aliphatic rings. The highest BCUT2D eigenvalue weighted by Gasteiger charge is 2.21. The molecule has 0 saturated heterocycles. The van der Waals surface area contributed by atoms with E-state index < -0.39 is 0 Å². The predicted octanol–water partition coefficient (Wildman–Crippen LogP) is 1.51. The van der Waals surface area contributed by atoms with Gasteiger partial charge < -0.3 is 9.67 Å². The summed E-state index contributed by atoms with van der Waals surface area (Å²) in [6.45, 7) is 3.22. The maximum Gasteiger partial charge on any atom is 0.0945 e. The second-order valence-corrected chi connectivity index (χ2v) is 4.85. The average molecular weight is 237 g/mol. The van der Waals surface area contributed by atoms with Crippen LogP contribution in [-0.2, 0) is 6.54 Å². The first-order valence-corrected chi connectivity index (χ1v) is 6.71. The third-order valence-corrected chi connectivity index (χ3v) is 3.65. The van der Waals surface area contributed by atoms with Gasteiger partial charge in [0.2, 0.25) is 0 Å². The number of hydrogen-bond donors (Lipinski definition) is 1. The molecule has 1 aromatic heterocycles. The van der Waals surface area contributed by atoms with Crippen LogP contribution in [0.2, 0.25) is 0 Å². The van der Waals surface area contributed by atoms with Gasteiger partial charge in [0.05, 0.1) is 12.9 Å². The number of aliphatic hydroxyl groups excluding tert-OH is 1. The zero-order valence-corrected chi connectivity index (χ0v) is 10.5. The van der Waals surface area contributed by atoms with Gasteiger partial charge in [-0.15, -0.1) is 0 Å². The highest BCUT2D eigenvalue weighted by atomic mass is 16.3. The minimum atomic E-state index is 0.279. The molecule has 1 saturated carbocycles. The standard InChI is InChI=1S/C13H23N3O/c17-11-10-16(13-4-1-2-5-13)8-3-7-15-9-6-14-12-15/h6,9,12-13,17H,1-5,7-8,10-11H2. The third-order valence-electron chi connectivity index (χ3n) is 3.65. The molecule has 0 bridgehead atoms. The van der Waals surface area contributed by atoms with Crippen molar-refractivity contribution in [2.45, 2.75) is 44.7 Å². The van der Waals surface area contributed by atoms with Crippen LogP contribution in [-0.4, -0.2) is 45.3 Å². The van der Waals surface area contributed by atoms with E-state index in [1.54, 1.807) is 0 Å². The molecule has 0 aromatic carbocycles. The van der Waals surface area contributed by atoms with Crippen LogP contribution in [0.25, 0.3) is 0 Å². The average Bonchev–Trinajstić information content (AvgIpc) is 3.01. The van der Waals surface area contributed by atoms with E-state index in [2.05, 4.69) is 14.5 Å². The van der Waals surface area contributed by atoms with Crippen LogP contribution >= 0.6 is 0 Å². The Morgan fingerprint density at radius 2 is 2.12 bits per heavy atom. The molecule has 0 spiro atoms. The van der Waals surface area contributed by atoms with Crippen molar-refractivity contribution in [3.63, 3.8) is 0 Å². The van der Waals surface area contributed by atoms with Crippen molar-refractivity contribution in [3.05, 3.63) is 18.7 Å². The van der Waals surface area contributed by atoms with Gasteiger partial charge in [0.15, 0.2) is 0 Å². The van der Waals surface area contributed by atoms with Crippen LogP contribution in [0.4, 0.5) is 0 Å². The summed E-state index contributed by atoms with van der Waals surface area (Å²) in [5, 5.41) is 9.12. The molecule has 0 atom stereocenters.